The number of nitrogens with one attached hydrogen (secondary N) is 1. The van der Waals surface area contributed by atoms with Gasteiger partial charge in [0.1, 0.15) is 11.0 Å². The Morgan fingerprint density at radius 2 is 2.22 bits per heavy atom. The van der Waals surface area contributed by atoms with Crippen molar-refractivity contribution in [1.82, 2.24) is 9.71 Å². The molecule has 2 N–H and O–H groups in total. The molecule has 7 heteroatoms. The number of hydrogen-bond donors (Lipinski definition) is 2. The highest BCUT2D eigenvalue weighted by atomic mass is 32.2. The lowest BCUT2D eigenvalue weighted by atomic mass is 10.2. The van der Waals surface area contributed by atoms with Crippen LogP contribution in [0.4, 0.5) is 0 Å². The van der Waals surface area contributed by atoms with Crippen LogP contribution in [0, 0.1) is 11.3 Å². The van der Waals surface area contributed by atoms with Crippen molar-refractivity contribution in [2.45, 2.75) is 37.3 Å². The summed E-state index contributed by atoms with van der Waals surface area (Å²) >= 11 is 0. The molecule has 0 aliphatic carbocycles. The Balaban J connectivity index is 2.97. The van der Waals surface area contributed by atoms with E-state index in [1.54, 1.807) is 19.9 Å². The number of nitriles is 1. The summed E-state index contributed by atoms with van der Waals surface area (Å²) in [4.78, 5) is 3.55. The van der Waals surface area contributed by atoms with Crippen molar-refractivity contribution in [1.29, 1.82) is 5.26 Å². The topological polar surface area (TPSA) is 103 Å². The minimum atomic E-state index is -3.79. The quantitative estimate of drug-likeness (QED) is 0.805. The van der Waals surface area contributed by atoms with Gasteiger partial charge in [0, 0.05) is 12.2 Å². The molecule has 0 aliphatic heterocycles. The molecule has 1 heterocycles. The van der Waals surface area contributed by atoms with Crippen molar-refractivity contribution >= 4 is 10.0 Å². The predicted molar refractivity (Wildman–Crippen MR) is 65.0 cm³/mol. The second-order valence-electron chi connectivity index (χ2n) is 4.07. The van der Waals surface area contributed by atoms with Crippen LogP contribution in [0.15, 0.2) is 23.2 Å². The maximum atomic E-state index is 12.0. The minimum absolute atomic E-state index is 0.144. The number of pyridine rings is 1. The van der Waals surface area contributed by atoms with Gasteiger partial charge in [-0.1, -0.05) is 0 Å². The lowest BCUT2D eigenvalue weighted by Crippen LogP contribution is -2.35. The van der Waals surface area contributed by atoms with E-state index in [9.17, 15) is 13.5 Å². The van der Waals surface area contributed by atoms with Gasteiger partial charge in [-0.25, -0.2) is 18.1 Å². The van der Waals surface area contributed by atoms with Crippen molar-refractivity contribution in [3.05, 3.63) is 24.0 Å². The van der Waals surface area contributed by atoms with Crippen molar-refractivity contribution in [2.24, 2.45) is 0 Å². The fourth-order valence-electron chi connectivity index (χ4n) is 1.58. The highest BCUT2D eigenvalue weighted by Gasteiger charge is 2.21. The van der Waals surface area contributed by atoms with Crippen LogP contribution in [0.1, 0.15) is 26.0 Å². The first-order valence-electron chi connectivity index (χ1n) is 5.42. The molecule has 0 radical (unpaired) electrons. The van der Waals surface area contributed by atoms with Crippen molar-refractivity contribution < 1.29 is 13.5 Å². The van der Waals surface area contributed by atoms with E-state index in [0.717, 1.165) is 0 Å². The molecule has 1 aromatic heterocycles. The molecule has 0 saturated carbocycles. The molecule has 6 nitrogen and oxygen atoms in total. The maximum absolute atomic E-state index is 12.0. The number of aromatic nitrogens is 1. The van der Waals surface area contributed by atoms with Gasteiger partial charge in [0.2, 0.25) is 10.0 Å². The van der Waals surface area contributed by atoms with Gasteiger partial charge >= 0.3 is 0 Å². The largest absolute Gasteiger partial charge is 0.393 e. The average Bonchev–Trinajstić information content (AvgIpc) is 2.27. The zero-order chi connectivity index (χ0) is 13.8. The van der Waals surface area contributed by atoms with E-state index in [1.807, 2.05) is 0 Å². The molecule has 1 aromatic rings. The predicted octanol–water partition coefficient (Wildman–Crippen LogP) is 0.391. The monoisotopic (exact) mass is 269 g/mol. The van der Waals surface area contributed by atoms with Crippen LogP contribution in [0.25, 0.3) is 0 Å². The summed E-state index contributed by atoms with van der Waals surface area (Å²) in [7, 11) is -3.79. The van der Waals surface area contributed by atoms with Crippen LogP contribution >= 0.6 is 0 Å². The summed E-state index contributed by atoms with van der Waals surface area (Å²) < 4.78 is 26.4. The lowest BCUT2D eigenvalue weighted by Gasteiger charge is -2.15. The Morgan fingerprint density at radius 3 is 2.78 bits per heavy atom. The highest BCUT2D eigenvalue weighted by molar-refractivity contribution is 7.89. The molecule has 0 amide bonds. The zero-order valence-electron chi connectivity index (χ0n) is 10.2. The van der Waals surface area contributed by atoms with Gasteiger partial charge in [-0.3, -0.25) is 0 Å². The molecule has 0 aliphatic rings. The lowest BCUT2D eigenvalue weighted by molar-refractivity contribution is 0.175. The minimum Gasteiger partial charge on any atom is -0.393 e. The SMILES string of the molecule is CC(O)CC(C)NS(=O)(=O)c1cccnc1C#N. The zero-order valence-corrected chi connectivity index (χ0v) is 11.0. The summed E-state index contributed by atoms with van der Waals surface area (Å²) in [6.45, 7) is 3.22. The number of aliphatic hydroxyl groups excluding tert-OH is 1. The van der Waals surface area contributed by atoms with E-state index in [4.69, 9.17) is 5.26 Å². The summed E-state index contributed by atoms with van der Waals surface area (Å²) in [5.74, 6) is 0. The van der Waals surface area contributed by atoms with Gasteiger partial charge in [0.15, 0.2) is 5.69 Å². The third-order valence-corrected chi connectivity index (χ3v) is 3.84. The van der Waals surface area contributed by atoms with Crippen LogP contribution in [0.2, 0.25) is 0 Å². The summed E-state index contributed by atoms with van der Waals surface area (Å²) in [6, 6.07) is 4.08. The van der Waals surface area contributed by atoms with Crippen molar-refractivity contribution in [2.75, 3.05) is 0 Å². The van der Waals surface area contributed by atoms with E-state index in [1.165, 1.54) is 18.3 Å². The number of nitrogens with zero attached hydrogens (tertiary/aromatic N) is 2. The number of aliphatic hydroxyl groups is 1. The molecule has 98 valence electrons. The Kier molecular flexibility index (Phi) is 4.78. The molecular formula is C11H15N3O3S. The molecule has 18 heavy (non-hydrogen) atoms. The van der Waals surface area contributed by atoms with Crippen molar-refractivity contribution in [3.63, 3.8) is 0 Å². The Labute approximate surface area is 106 Å². The average molecular weight is 269 g/mol. The summed E-state index contributed by atoms with van der Waals surface area (Å²) in [5.41, 5.74) is -0.144. The molecule has 2 unspecified atom stereocenters. The Hall–Kier alpha value is -1.49. The first-order valence-corrected chi connectivity index (χ1v) is 6.90. The first-order chi connectivity index (χ1) is 8.36. The number of rotatable bonds is 5. The van der Waals surface area contributed by atoms with E-state index in [2.05, 4.69) is 9.71 Å². The number of hydrogen-bond acceptors (Lipinski definition) is 5. The summed E-state index contributed by atoms with van der Waals surface area (Å²) in [6.07, 6.45) is 1.05. The molecule has 2 atom stereocenters. The molecular weight excluding hydrogens is 254 g/mol. The molecule has 0 aromatic carbocycles. The van der Waals surface area contributed by atoms with Crippen LogP contribution < -0.4 is 4.72 Å². The molecule has 0 saturated heterocycles. The maximum Gasteiger partial charge on any atom is 0.243 e. The van der Waals surface area contributed by atoms with Gasteiger partial charge in [0.05, 0.1) is 6.10 Å². The summed E-state index contributed by atoms with van der Waals surface area (Å²) in [5, 5.41) is 18.0. The molecule has 0 spiro atoms. The Morgan fingerprint density at radius 1 is 1.56 bits per heavy atom. The Bertz CT molecular complexity index is 549. The van der Waals surface area contributed by atoms with E-state index in [-0.39, 0.29) is 10.6 Å². The first kappa shape index (κ1) is 14.6. The fraction of sp³-hybridized carbons (Fsp3) is 0.455. The molecule has 0 fully saturated rings. The molecule has 1 rings (SSSR count). The smallest absolute Gasteiger partial charge is 0.243 e. The fourth-order valence-corrected chi connectivity index (χ4v) is 2.94. The van der Waals surface area contributed by atoms with E-state index < -0.39 is 22.2 Å². The third kappa shape index (κ3) is 3.77. The normalized spacial score (nSPS) is 14.8. The van der Waals surface area contributed by atoms with E-state index >= 15 is 0 Å². The third-order valence-electron chi connectivity index (χ3n) is 2.22. The van der Waals surface area contributed by atoms with Crippen LogP contribution in [0.3, 0.4) is 0 Å². The van der Waals surface area contributed by atoms with Gasteiger partial charge in [-0.2, -0.15) is 5.26 Å². The van der Waals surface area contributed by atoms with Crippen LogP contribution in [0.5, 0.6) is 0 Å². The van der Waals surface area contributed by atoms with Crippen molar-refractivity contribution in [3.8, 4) is 6.07 Å². The van der Waals surface area contributed by atoms with Gasteiger partial charge in [-0.05, 0) is 32.4 Å². The standard InChI is InChI=1S/C11H15N3O3S/c1-8(6-9(2)15)14-18(16,17)11-4-3-5-13-10(11)7-12/h3-5,8-9,14-15H,6H2,1-2H3. The highest BCUT2D eigenvalue weighted by Crippen LogP contribution is 2.13. The van der Waals surface area contributed by atoms with Gasteiger partial charge < -0.3 is 5.11 Å². The second kappa shape index (κ2) is 5.91. The van der Waals surface area contributed by atoms with Crippen LogP contribution in [-0.4, -0.2) is 30.7 Å². The molecule has 0 bridgehead atoms. The van der Waals surface area contributed by atoms with Gasteiger partial charge in [-0.15, -0.1) is 0 Å². The van der Waals surface area contributed by atoms with Gasteiger partial charge in [0.25, 0.3) is 0 Å². The van der Waals surface area contributed by atoms with Crippen LogP contribution in [-0.2, 0) is 10.0 Å². The number of sulfonamides is 1. The van der Waals surface area contributed by atoms with E-state index in [0.29, 0.717) is 6.42 Å². The second-order valence-corrected chi connectivity index (χ2v) is 5.75.